The number of amides is 4. The van der Waals surface area contributed by atoms with E-state index in [2.05, 4.69) is 23.9 Å². The van der Waals surface area contributed by atoms with Crippen LogP contribution >= 0.6 is 11.3 Å². The fourth-order valence-electron chi connectivity index (χ4n) is 9.09. The van der Waals surface area contributed by atoms with E-state index < -0.39 is 80.9 Å². The van der Waals surface area contributed by atoms with E-state index in [0.717, 1.165) is 22.6 Å². The van der Waals surface area contributed by atoms with Crippen molar-refractivity contribution in [1.29, 1.82) is 0 Å². The summed E-state index contributed by atoms with van der Waals surface area (Å²) in [4.78, 5) is 69.5. The molecular formula is C45H55F2N6NaO8S2. The summed E-state index contributed by atoms with van der Waals surface area (Å²) in [5.41, 5.74) is 1.24. The topological polar surface area (TPSA) is 179 Å². The standard InChI is InChI=1S/C45H56F2N6O8S2.Na/c1-26(2)34-24-62-41(49-34)33-21-37(32-15-16-36(60-4)27(3)39(32)48-33)61-30-20-35-40(55)50-45(43(57)51-63(58,59)31-13-14-31)22-29(45)12-9-7-5-6-8-11-28(42(56)53(35)23-30)19-38(54)52-18-10-17-44(46,47)25-52;/h9,12,15-16,21,24,26,28-31,35H,5-8,10-11,13-14,17-20,22-23,25H2,1-4H3,(H2,50,51,55,57);/q;+1/p-1/b12-9-;/t28-,29-,30-,35+,45-;/m1./s1. The van der Waals surface area contributed by atoms with Crippen molar-refractivity contribution in [2.75, 3.05) is 26.7 Å². The van der Waals surface area contributed by atoms with Gasteiger partial charge in [-0.2, -0.15) is 0 Å². The molecule has 8 rings (SSSR count). The van der Waals surface area contributed by atoms with Crippen LogP contribution in [0.4, 0.5) is 8.78 Å². The molecule has 340 valence electrons. The number of hydrogen-bond donors (Lipinski definition) is 1. The number of fused-ring (bicyclic) bond motifs is 3. The minimum Gasteiger partial charge on any atom is -0.544 e. The van der Waals surface area contributed by atoms with Crippen molar-refractivity contribution in [1.82, 2.24) is 25.1 Å². The summed E-state index contributed by atoms with van der Waals surface area (Å²) >= 11 is 1.45. The number of aryl methyl sites for hydroxylation is 1. The average molecular weight is 933 g/mol. The summed E-state index contributed by atoms with van der Waals surface area (Å²) in [6.45, 7) is 5.38. The van der Waals surface area contributed by atoms with Crippen LogP contribution in [-0.2, 0) is 29.2 Å². The van der Waals surface area contributed by atoms with Gasteiger partial charge in [0.1, 0.15) is 34.3 Å². The summed E-state index contributed by atoms with van der Waals surface area (Å²) in [6, 6.07) is 4.25. The number of methoxy groups -OCH3 is 1. The van der Waals surface area contributed by atoms with Crippen molar-refractivity contribution in [3.05, 3.63) is 51.7 Å². The number of allylic oxidation sites excluding steroid dienone is 1. The molecule has 3 aliphatic heterocycles. The minimum absolute atomic E-state index is 0. The molecule has 14 nitrogen and oxygen atoms in total. The number of rotatable bonds is 10. The number of sulfonamides is 1. The van der Waals surface area contributed by atoms with Crippen LogP contribution in [0, 0.1) is 18.8 Å². The Labute approximate surface area is 399 Å². The van der Waals surface area contributed by atoms with Crippen molar-refractivity contribution in [3.8, 4) is 22.2 Å². The summed E-state index contributed by atoms with van der Waals surface area (Å²) in [5, 5.41) is 5.48. The third kappa shape index (κ3) is 10.3. The molecule has 1 aromatic carbocycles. The van der Waals surface area contributed by atoms with E-state index in [4.69, 9.17) is 19.4 Å². The number of nitrogens with one attached hydrogen (secondary N) is 1. The molecule has 2 saturated heterocycles. The normalized spacial score (nSPS) is 26.7. The van der Waals surface area contributed by atoms with Gasteiger partial charge in [-0.25, -0.2) is 27.2 Å². The number of piperidine rings is 1. The molecule has 2 aromatic heterocycles. The number of thiazole rings is 1. The Balaban J connectivity index is 0.00000612. The molecule has 1 N–H and O–H groups in total. The first-order chi connectivity index (χ1) is 30.0. The van der Waals surface area contributed by atoms with E-state index in [9.17, 15) is 36.4 Å². The first kappa shape index (κ1) is 48.2. The van der Waals surface area contributed by atoms with E-state index >= 15 is 0 Å². The Hall–Kier alpha value is -3.71. The third-order valence-corrected chi connectivity index (χ3v) is 15.7. The Morgan fingerprint density at radius 2 is 1.86 bits per heavy atom. The number of pyridine rings is 1. The maximum absolute atomic E-state index is 14.9. The molecule has 2 aliphatic carbocycles. The maximum Gasteiger partial charge on any atom is 1.00 e. The number of carbonyl (C=O) groups is 4. The van der Waals surface area contributed by atoms with Crippen LogP contribution in [0.5, 0.6) is 11.5 Å². The molecule has 0 spiro atoms. The van der Waals surface area contributed by atoms with Gasteiger partial charge in [0.25, 0.3) is 5.92 Å². The van der Waals surface area contributed by atoms with Crippen molar-refractivity contribution in [3.63, 3.8) is 0 Å². The van der Waals surface area contributed by atoms with Gasteiger partial charge in [0, 0.05) is 65.3 Å². The van der Waals surface area contributed by atoms with Crippen LogP contribution in [0.1, 0.15) is 108 Å². The first-order valence-electron chi connectivity index (χ1n) is 22.1. The second kappa shape index (κ2) is 19.3. The van der Waals surface area contributed by atoms with Crippen LogP contribution in [0.25, 0.3) is 26.3 Å². The predicted molar refractivity (Wildman–Crippen MR) is 233 cm³/mol. The van der Waals surface area contributed by atoms with Crippen LogP contribution in [-0.4, -0.2) is 107 Å². The molecular weight excluding hydrogens is 878 g/mol. The van der Waals surface area contributed by atoms with Crippen LogP contribution in [0.2, 0.25) is 0 Å². The molecule has 0 radical (unpaired) electrons. The summed E-state index contributed by atoms with van der Waals surface area (Å²) in [6.07, 6.45) is 6.40. The number of halogens is 2. The van der Waals surface area contributed by atoms with Crippen molar-refractivity contribution < 1.29 is 75.4 Å². The van der Waals surface area contributed by atoms with E-state index in [-0.39, 0.29) is 80.7 Å². The van der Waals surface area contributed by atoms with Gasteiger partial charge in [0.2, 0.25) is 17.7 Å². The predicted octanol–water partition coefficient (Wildman–Crippen LogP) is 4.20. The number of hydrogen-bond acceptors (Lipinski definition) is 11. The van der Waals surface area contributed by atoms with Gasteiger partial charge in [0.15, 0.2) is 0 Å². The van der Waals surface area contributed by atoms with Crippen molar-refractivity contribution >= 4 is 55.9 Å². The van der Waals surface area contributed by atoms with Crippen molar-refractivity contribution in [2.24, 2.45) is 11.8 Å². The molecule has 0 unspecified atom stereocenters. The van der Waals surface area contributed by atoms with E-state index in [1.807, 2.05) is 36.6 Å². The minimum atomic E-state index is -4.07. The Bertz CT molecular complexity index is 2430. The molecule has 64 heavy (non-hydrogen) atoms. The van der Waals surface area contributed by atoms with E-state index in [1.165, 1.54) is 16.2 Å². The van der Waals surface area contributed by atoms with Crippen LogP contribution in [0.3, 0.4) is 0 Å². The Kier molecular flexibility index (Phi) is 14.5. The van der Waals surface area contributed by atoms with Gasteiger partial charge in [-0.1, -0.05) is 38.8 Å². The number of likely N-dealkylation sites (tertiary alicyclic amines) is 1. The first-order valence-corrected chi connectivity index (χ1v) is 24.4. The molecule has 5 heterocycles. The van der Waals surface area contributed by atoms with Crippen LogP contribution < -0.4 is 44.3 Å². The molecule has 4 amide bonds. The van der Waals surface area contributed by atoms with Gasteiger partial charge in [-0.3, -0.25) is 14.4 Å². The fourth-order valence-corrected chi connectivity index (χ4v) is 11.3. The van der Waals surface area contributed by atoms with Crippen molar-refractivity contribution in [2.45, 2.75) is 133 Å². The molecule has 2 saturated carbocycles. The van der Waals surface area contributed by atoms with Gasteiger partial charge >= 0.3 is 29.6 Å². The van der Waals surface area contributed by atoms with Crippen LogP contribution in [0.15, 0.2) is 35.7 Å². The molecule has 4 fully saturated rings. The van der Waals surface area contributed by atoms with Gasteiger partial charge in [-0.15, -0.1) is 11.3 Å². The summed E-state index contributed by atoms with van der Waals surface area (Å²) < 4.78 is 70.9. The van der Waals surface area contributed by atoms with E-state index in [0.29, 0.717) is 71.6 Å². The zero-order chi connectivity index (χ0) is 44.8. The van der Waals surface area contributed by atoms with Gasteiger partial charge in [-0.05, 0) is 69.9 Å². The third-order valence-electron chi connectivity index (χ3n) is 13.0. The molecule has 19 heteroatoms. The zero-order valence-corrected chi connectivity index (χ0v) is 40.7. The zero-order valence-electron chi connectivity index (χ0n) is 37.1. The molecule has 5 aliphatic rings. The molecule has 0 bridgehead atoms. The number of benzene rings is 1. The SMILES string of the molecule is COc1ccc2c(O[C@@H]3C[C@H]4C(=O)N[C@]5(C(=O)[N-]S(=O)(=O)C6CC6)C[C@H]5/C=C\CCCCC[C@H](CC(=O)N5CCCC(F)(F)C5)C(=O)N4C3)cc(-c3nc(C(C)C)cs3)nc2c1C.[Na+]. The largest absolute Gasteiger partial charge is 1.00 e. The number of nitrogens with zero attached hydrogens (tertiary/aromatic N) is 5. The number of aromatic nitrogens is 2. The average Bonchev–Trinajstić information content (AvgIpc) is 4.11. The fraction of sp³-hybridized carbons (Fsp3) is 0.600. The van der Waals surface area contributed by atoms with Gasteiger partial charge in [0.05, 0.1) is 52.9 Å². The summed E-state index contributed by atoms with van der Waals surface area (Å²) in [5.74, 6) is -5.88. The molecule has 5 atom stereocenters. The number of ether oxygens (including phenoxy) is 2. The van der Waals surface area contributed by atoms with Gasteiger partial charge < -0.3 is 34.1 Å². The van der Waals surface area contributed by atoms with E-state index in [1.54, 1.807) is 13.2 Å². The second-order valence-electron chi connectivity index (χ2n) is 18.1. The Morgan fingerprint density at radius 1 is 1.08 bits per heavy atom. The smallest absolute Gasteiger partial charge is 0.544 e. The second-order valence-corrected chi connectivity index (χ2v) is 20.9. The number of alkyl halides is 2. The molecule has 3 aromatic rings. The maximum atomic E-state index is 14.9. The Morgan fingerprint density at radius 3 is 2.56 bits per heavy atom. The summed E-state index contributed by atoms with van der Waals surface area (Å²) in [7, 11) is -2.50. The monoisotopic (exact) mass is 932 g/mol. The quantitative estimate of drug-likeness (QED) is 0.229. The number of carbonyl (C=O) groups excluding carboxylic acids is 4.